The fraction of sp³-hybridized carbons (Fsp3) is 0.769. The number of nitrogens with one attached hydrogen (secondary N) is 1. The van der Waals surface area contributed by atoms with E-state index < -0.39 is 10.0 Å². The van der Waals surface area contributed by atoms with Crippen molar-refractivity contribution < 1.29 is 8.42 Å². The summed E-state index contributed by atoms with van der Waals surface area (Å²) in [6, 6.07) is 0.351. The molecule has 3 rings (SSSR count). The van der Waals surface area contributed by atoms with E-state index in [-0.39, 0.29) is 11.6 Å². The van der Waals surface area contributed by atoms with Crippen LogP contribution in [0.2, 0.25) is 0 Å². The lowest BCUT2D eigenvalue weighted by Gasteiger charge is -2.24. The summed E-state index contributed by atoms with van der Waals surface area (Å²) in [5.74, 6) is 0. The van der Waals surface area contributed by atoms with Crippen LogP contribution in [-0.2, 0) is 16.6 Å². The van der Waals surface area contributed by atoms with Crippen molar-refractivity contribution >= 4 is 10.0 Å². The van der Waals surface area contributed by atoms with E-state index in [1.807, 2.05) is 0 Å². The first-order chi connectivity index (χ1) is 10.0. The molecule has 1 atom stereocenters. The highest BCUT2D eigenvalue weighted by Crippen LogP contribution is 2.26. The van der Waals surface area contributed by atoms with Crippen molar-refractivity contribution in [3.05, 3.63) is 11.3 Å². The quantitative estimate of drug-likeness (QED) is 0.821. The molecule has 1 aromatic heterocycles. The van der Waals surface area contributed by atoms with Crippen molar-refractivity contribution in [3.63, 3.8) is 0 Å². The number of hydrogen-bond acceptors (Lipinski definition) is 5. The molecule has 0 radical (unpaired) electrons. The van der Waals surface area contributed by atoms with E-state index in [0.29, 0.717) is 24.7 Å². The number of sulfonamides is 1. The Morgan fingerprint density at radius 1 is 1.33 bits per heavy atom. The van der Waals surface area contributed by atoms with Crippen LogP contribution in [0.4, 0.5) is 0 Å². The summed E-state index contributed by atoms with van der Waals surface area (Å²) in [4.78, 5) is 2.41. The molecule has 3 N–H and O–H groups in total. The molecule has 8 heteroatoms. The molecule has 1 aromatic rings. The molecule has 0 saturated carbocycles. The molecule has 2 aliphatic heterocycles. The molecule has 21 heavy (non-hydrogen) atoms. The number of aromatic amines is 1. The van der Waals surface area contributed by atoms with E-state index in [9.17, 15) is 8.42 Å². The van der Waals surface area contributed by atoms with Crippen LogP contribution in [0.1, 0.15) is 30.5 Å². The van der Waals surface area contributed by atoms with Gasteiger partial charge in [0.2, 0.25) is 0 Å². The maximum atomic E-state index is 12.9. The Kier molecular flexibility index (Phi) is 4.04. The normalized spacial score (nSPS) is 25.0. The second kappa shape index (κ2) is 5.68. The van der Waals surface area contributed by atoms with Gasteiger partial charge < -0.3 is 5.73 Å². The predicted molar refractivity (Wildman–Crippen MR) is 79.2 cm³/mol. The van der Waals surface area contributed by atoms with Crippen molar-refractivity contribution in [2.24, 2.45) is 5.73 Å². The number of nitrogens with two attached hydrogens (primary N) is 1. The minimum absolute atomic E-state index is 0.106. The first-order valence-corrected chi connectivity index (χ1v) is 8.96. The number of H-pyrrole nitrogens is 1. The summed E-state index contributed by atoms with van der Waals surface area (Å²) in [5, 5.41) is 6.86. The Labute approximate surface area is 125 Å². The van der Waals surface area contributed by atoms with E-state index in [0.717, 1.165) is 38.0 Å². The number of rotatable bonds is 3. The van der Waals surface area contributed by atoms with Crippen LogP contribution >= 0.6 is 0 Å². The molecule has 2 aliphatic rings. The van der Waals surface area contributed by atoms with Gasteiger partial charge in [-0.2, -0.15) is 9.40 Å². The molecule has 2 saturated heterocycles. The highest BCUT2D eigenvalue weighted by Gasteiger charge is 2.36. The Balaban J connectivity index is 1.90. The lowest BCUT2D eigenvalue weighted by Crippen LogP contribution is -2.40. The van der Waals surface area contributed by atoms with E-state index in [1.54, 1.807) is 11.2 Å². The van der Waals surface area contributed by atoms with Gasteiger partial charge in [-0.25, -0.2) is 8.42 Å². The minimum atomic E-state index is -3.56. The van der Waals surface area contributed by atoms with Crippen LogP contribution in [0, 0.1) is 6.92 Å². The second-order valence-electron chi connectivity index (χ2n) is 5.89. The number of hydrogen-bond donors (Lipinski definition) is 2. The van der Waals surface area contributed by atoms with E-state index in [1.165, 1.54) is 0 Å². The third-order valence-corrected chi connectivity index (χ3v) is 6.43. The van der Waals surface area contributed by atoms with E-state index in [4.69, 9.17) is 5.73 Å². The zero-order valence-electron chi connectivity index (χ0n) is 12.4. The number of aromatic nitrogens is 2. The van der Waals surface area contributed by atoms with E-state index in [2.05, 4.69) is 15.1 Å². The molecule has 0 bridgehead atoms. The molecule has 0 spiro atoms. The molecule has 0 amide bonds. The summed E-state index contributed by atoms with van der Waals surface area (Å²) in [6.07, 6.45) is 3.11. The van der Waals surface area contributed by atoms with Crippen LogP contribution in [0.15, 0.2) is 5.03 Å². The molecule has 3 heterocycles. The first kappa shape index (κ1) is 15.0. The predicted octanol–water partition coefficient (Wildman–Crippen LogP) is 0.0356. The molecule has 0 aliphatic carbocycles. The van der Waals surface area contributed by atoms with Gasteiger partial charge in [0.05, 0.1) is 0 Å². The van der Waals surface area contributed by atoms with E-state index >= 15 is 0 Å². The van der Waals surface area contributed by atoms with Crippen LogP contribution in [0.25, 0.3) is 0 Å². The number of nitrogens with zero attached hydrogens (tertiary/aromatic N) is 3. The highest BCUT2D eigenvalue weighted by atomic mass is 32.2. The first-order valence-electron chi connectivity index (χ1n) is 7.52. The minimum Gasteiger partial charge on any atom is -0.326 e. The van der Waals surface area contributed by atoms with Crippen LogP contribution < -0.4 is 5.73 Å². The topological polar surface area (TPSA) is 95.3 Å². The maximum Gasteiger partial charge on any atom is 0.262 e. The van der Waals surface area contributed by atoms with Crippen molar-refractivity contribution in [1.82, 2.24) is 19.4 Å². The zero-order chi connectivity index (χ0) is 15.0. The lowest BCUT2D eigenvalue weighted by atomic mass is 10.2. The molecule has 0 aromatic carbocycles. The number of fused-ring (bicyclic) bond motifs is 1. The molecule has 1 unspecified atom stereocenters. The molecular formula is C13H23N5O2S. The second-order valence-corrected chi connectivity index (χ2v) is 7.74. The maximum absolute atomic E-state index is 12.9. The summed E-state index contributed by atoms with van der Waals surface area (Å²) in [7, 11) is -3.56. The van der Waals surface area contributed by atoms with Crippen LogP contribution in [0.3, 0.4) is 0 Å². The fourth-order valence-corrected chi connectivity index (χ4v) is 5.09. The van der Waals surface area contributed by atoms with Gasteiger partial charge in [0.15, 0.2) is 5.03 Å². The summed E-state index contributed by atoms with van der Waals surface area (Å²) < 4.78 is 27.4. The summed E-state index contributed by atoms with van der Waals surface area (Å²) in [5.41, 5.74) is 7.02. The standard InChI is InChI=1S/C13H23N5O2S/c1-10-12(8-14)13(16-15-10)21(19,20)18-7-3-6-17-5-2-4-11(17)9-18/h11H,2-9,14H2,1H3,(H,15,16). The van der Waals surface area contributed by atoms with Gasteiger partial charge in [0, 0.05) is 36.9 Å². The van der Waals surface area contributed by atoms with Crippen molar-refractivity contribution in [3.8, 4) is 0 Å². The lowest BCUT2D eigenvalue weighted by molar-refractivity contribution is 0.257. The van der Waals surface area contributed by atoms with Crippen molar-refractivity contribution in [2.45, 2.75) is 43.8 Å². The molecular weight excluding hydrogens is 290 g/mol. The smallest absolute Gasteiger partial charge is 0.262 e. The monoisotopic (exact) mass is 313 g/mol. The van der Waals surface area contributed by atoms with Crippen molar-refractivity contribution in [1.29, 1.82) is 0 Å². The average Bonchev–Trinajstić information content (AvgIpc) is 2.99. The van der Waals surface area contributed by atoms with Crippen molar-refractivity contribution in [2.75, 3.05) is 26.2 Å². The fourth-order valence-electron chi connectivity index (χ4n) is 3.40. The largest absolute Gasteiger partial charge is 0.326 e. The number of aryl methyl sites for hydroxylation is 1. The highest BCUT2D eigenvalue weighted by molar-refractivity contribution is 7.89. The van der Waals surface area contributed by atoms with Gasteiger partial charge in [-0.05, 0) is 39.3 Å². The zero-order valence-corrected chi connectivity index (χ0v) is 13.2. The van der Waals surface area contributed by atoms with Gasteiger partial charge in [-0.3, -0.25) is 10.00 Å². The van der Waals surface area contributed by atoms with Gasteiger partial charge in [-0.1, -0.05) is 0 Å². The Bertz CT molecular complexity index is 612. The van der Waals surface area contributed by atoms with Crippen LogP contribution in [0.5, 0.6) is 0 Å². The van der Waals surface area contributed by atoms with Gasteiger partial charge in [-0.15, -0.1) is 0 Å². The Hall–Kier alpha value is -0.960. The average molecular weight is 313 g/mol. The third kappa shape index (κ3) is 2.61. The Morgan fingerprint density at radius 2 is 2.10 bits per heavy atom. The Morgan fingerprint density at radius 3 is 2.86 bits per heavy atom. The van der Waals surface area contributed by atoms with Gasteiger partial charge in [0.25, 0.3) is 10.0 Å². The summed E-state index contributed by atoms with van der Waals surface area (Å²) in [6.45, 7) is 5.19. The molecule has 118 valence electrons. The van der Waals surface area contributed by atoms with Gasteiger partial charge >= 0.3 is 0 Å². The van der Waals surface area contributed by atoms with Crippen LogP contribution in [-0.4, -0.2) is 60.0 Å². The van der Waals surface area contributed by atoms with Gasteiger partial charge in [0.1, 0.15) is 0 Å². The molecule has 7 nitrogen and oxygen atoms in total. The SMILES string of the molecule is Cc1[nH]nc(S(=O)(=O)N2CCCN3CCCC3C2)c1CN. The molecule has 2 fully saturated rings. The third-order valence-electron chi connectivity index (χ3n) is 4.59. The summed E-state index contributed by atoms with van der Waals surface area (Å²) >= 11 is 0.